The van der Waals surface area contributed by atoms with E-state index in [9.17, 15) is 14.4 Å². The van der Waals surface area contributed by atoms with Crippen LogP contribution in [0.5, 0.6) is 0 Å². The number of hydrogen-bond acceptors (Lipinski definition) is 6. The number of esters is 3. The third kappa shape index (κ3) is 43.4. The van der Waals surface area contributed by atoms with Gasteiger partial charge in [-0.15, -0.1) is 0 Å². The van der Waals surface area contributed by atoms with Crippen LogP contribution in [-0.2, 0) is 28.6 Å². The molecule has 326 valence electrons. The maximum atomic E-state index is 12.7. The Morgan fingerprint density at radius 1 is 0.291 bits per heavy atom. The third-order valence-corrected chi connectivity index (χ3v) is 11.1. The monoisotopic (exact) mass is 779 g/mol. The van der Waals surface area contributed by atoms with Crippen LogP contribution in [0, 0.1) is 0 Å². The molecule has 0 aliphatic carbocycles. The summed E-state index contributed by atoms with van der Waals surface area (Å²) in [7, 11) is 0. The molecule has 0 rings (SSSR count). The lowest BCUT2D eigenvalue weighted by molar-refractivity contribution is -0.167. The van der Waals surface area contributed by atoms with Crippen molar-refractivity contribution in [2.45, 2.75) is 284 Å². The van der Waals surface area contributed by atoms with Crippen LogP contribution in [0.15, 0.2) is 0 Å². The lowest BCUT2D eigenvalue weighted by atomic mass is 10.0. The highest BCUT2D eigenvalue weighted by atomic mass is 16.6. The van der Waals surface area contributed by atoms with Gasteiger partial charge >= 0.3 is 17.9 Å². The summed E-state index contributed by atoms with van der Waals surface area (Å²) in [5, 5.41) is 0. The van der Waals surface area contributed by atoms with Gasteiger partial charge in [0.05, 0.1) is 0 Å². The highest BCUT2D eigenvalue weighted by molar-refractivity contribution is 5.71. The summed E-state index contributed by atoms with van der Waals surface area (Å²) in [5.74, 6) is -0.854. The topological polar surface area (TPSA) is 78.9 Å². The Kier molecular flexibility index (Phi) is 43.8. The number of carbonyl (C=O) groups excluding carboxylic acids is 3. The zero-order valence-corrected chi connectivity index (χ0v) is 37.2. The molecule has 55 heavy (non-hydrogen) atoms. The van der Waals surface area contributed by atoms with Gasteiger partial charge in [-0.05, 0) is 19.3 Å². The van der Waals surface area contributed by atoms with E-state index in [0.29, 0.717) is 19.3 Å². The van der Waals surface area contributed by atoms with Crippen molar-refractivity contribution >= 4 is 17.9 Å². The first-order valence-electron chi connectivity index (χ1n) is 24.5. The fraction of sp³-hybridized carbons (Fsp3) is 0.939. The number of rotatable bonds is 45. The minimum absolute atomic E-state index is 0.0630. The molecule has 0 aromatic carbocycles. The minimum Gasteiger partial charge on any atom is -0.462 e. The van der Waals surface area contributed by atoms with Crippen molar-refractivity contribution < 1.29 is 28.6 Å². The minimum atomic E-state index is -0.757. The zero-order chi connectivity index (χ0) is 40.1. The molecule has 0 amide bonds. The van der Waals surface area contributed by atoms with Gasteiger partial charge in [0.1, 0.15) is 13.2 Å². The van der Waals surface area contributed by atoms with E-state index in [1.165, 1.54) is 180 Å². The lowest BCUT2D eigenvalue weighted by Crippen LogP contribution is -2.30. The normalized spacial score (nSPS) is 11.8. The summed E-state index contributed by atoms with van der Waals surface area (Å²) < 4.78 is 16.7. The van der Waals surface area contributed by atoms with Crippen molar-refractivity contribution in [2.75, 3.05) is 13.2 Å². The predicted octanol–water partition coefficient (Wildman–Crippen LogP) is 15.6. The Balaban J connectivity index is 4.17. The Bertz CT molecular complexity index is 813. The average Bonchev–Trinajstić information content (AvgIpc) is 3.18. The van der Waals surface area contributed by atoms with Crippen molar-refractivity contribution in [3.63, 3.8) is 0 Å². The van der Waals surface area contributed by atoms with E-state index in [2.05, 4.69) is 20.8 Å². The van der Waals surface area contributed by atoms with E-state index in [-0.39, 0.29) is 31.1 Å². The summed E-state index contributed by atoms with van der Waals surface area (Å²) in [6.07, 6.45) is 46.7. The summed E-state index contributed by atoms with van der Waals surface area (Å²) in [5.41, 5.74) is 0. The summed E-state index contributed by atoms with van der Waals surface area (Å²) in [6, 6.07) is 0. The van der Waals surface area contributed by atoms with Gasteiger partial charge in [-0.3, -0.25) is 14.4 Å². The first kappa shape index (κ1) is 53.4. The van der Waals surface area contributed by atoms with Crippen molar-refractivity contribution in [3.8, 4) is 0 Å². The summed E-state index contributed by atoms with van der Waals surface area (Å²) in [4.78, 5) is 37.6. The molecule has 0 spiro atoms. The smallest absolute Gasteiger partial charge is 0.306 e. The van der Waals surface area contributed by atoms with Crippen LogP contribution < -0.4 is 0 Å². The fourth-order valence-electron chi connectivity index (χ4n) is 7.38. The first-order valence-corrected chi connectivity index (χ1v) is 24.5. The predicted molar refractivity (Wildman–Crippen MR) is 233 cm³/mol. The summed E-state index contributed by atoms with van der Waals surface area (Å²) in [6.45, 7) is 6.62. The van der Waals surface area contributed by atoms with E-state index >= 15 is 0 Å². The first-order chi connectivity index (χ1) is 27.0. The zero-order valence-electron chi connectivity index (χ0n) is 37.2. The molecular weight excluding hydrogens is 685 g/mol. The molecule has 0 aliphatic heterocycles. The van der Waals surface area contributed by atoms with Crippen molar-refractivity contribution in [1.82, 2.24) is 0 Å². The molecule has 0 aromatic heterocycles. The van der Waals surface area contributed by atoms with Gasteiger partial charge in [-0.2, -0.15) is 0 Å². The van der Waals surface area contributed by atoms with E-state index in [1.807, 2.05) is 0 Å². The van der Waals surface area contributed by atoms with Crippen LogP contribution in [0.1, 0.15) is 278 Å². The van der Waals surface area contributed by atoms with E-state index in [0.717, 1.165) is 57.8 Å². The molecule has 0 bridgehead atoms. The standard InChI is InChI=1S/C49H94O6/c1-4-7-10-13-16-18-20-21-22-23-24-25-26-27-29-31-34-37-40-43-49(52)55-46(44-53-47(50)41-38-35-32-15-12-9-6-3)45-54-48(51)42-39-36-33-30-28-19-17-14-11-8-5-2/h46H,4-45H2,1-3H3/t46-/m0/s1. The second-order valence-corrected chi connectivity index (χ2v) is 16.7. The molecule has 0 N–H and O–H groups in total. The van der Waals surface area contributed by atoms with Gasteiger partial charge in [0.25, 0.3) is 0 Å². The van der Waals surface area contributed by atoms with Gasteiger partial charge < -0.3 is 14.2 Å². The Morgan fingerprint density at radius 3 is 0.727 bits per heavy atom. The summed E-state index contributed by atoms with van der Waals surface area (Å²) >= 11 is 0. The number of hydrogen-bond donors (Lipinski definition) is 0. The number of unbranched alkanes of at least 4 members (excludes halogenated alkanes) is 34. The molecule has 0 fully saturated rings. The van der Waals surface area contributed by atoms with E-state index in [1.54, 1.807) is 0 Å². The van der Waals surface area contributed by atoms with Crippen LogP contribution in [0.2, 0.25) is 0 Å². The molecular formula is C49H94O6. The maximum Gasteiger partial charge on any atom is 0.306 e. The second-order valence-electron chi connectivity index (χ2n) is 16.7. The molecule has 1 atom stereocenters. The van der Waals surface area contributed by atoms with Crippen molar-refractivity contribution in [1.29, 1.82) is 0 Å². The quantitative estimate of drug-likeness (QED) is 0.0348. The van der Waals surface area contributed by atoms with Crippen molar-refractivity contribution in [2.24, 2.45) is 0 Å². The maximum absolute atomic E-state index is 12.7. The highest BCUT2D eigenvalue weighted by Gasteiger charge is 2.19. The molecule has 0 unspecified atom stereocenters. The van der Waals surface area contributed by atoms with Crippen LogP contribution >= 0.6 is 0 Å². The molecule has 0 saturated heterocycles. The van der Waals surface area contributed by atoms with Gasteiger partial charge in [0.2, 0.25) is 0 Å². The molecule has 6 heteroatoms. The molecule has 6 nitrogen and oxygen atoms in total. The second kappa shape index (κ2) is 45.1. The Hall–Kier alpha value is -1.59. The lowest BCUT2D eigenvalue weighted by Gasteiger charge is -2.18. The Labute approximate surface area is 342 Å². The number of ether oxygens (including phenoxy) is 3. The van der Waals surface area contributed by atoms with E-state index < -0.39 is 6.10 Å². The van der Waals surface area contributed by atoms with Crippen LogP contribution in [0.25, 0.3) is 0 Å². The molecule has 0 heterocycles. The molecule has 0 aromatic rings. The third-order valence-electron chi connectivity index (χ3n) is 11.1. The molecule has 0 radical (unpaired) electrons. The van der Waals surface area contributed by atoms with Gasteiger partial charge in [0, 0.05) is 19.3 Å². The fourth-order valence-corrected chi connectivity index (χ4v) is 7.38. The SMILES string of the molecule is CCCCCCCCCCCCCCCCCCCCCC(=O)O[C@@H](COC(=O)CCCCCCCCC)COC(=O)CCCCCCCCCCCCC. The van der Waals surface area contributed by atoms with E-state index in [4.69, 9.17) is 14.2 Å². The average molecular weight is 779 g/mol. The van der Waals surface area contributed by atoms with Gasteiger partial charge in [-0.25, -0.2) is 0 Å². The van der Waals surface area contributed by atoms with Crippen LogP contribution in [0.4, 0.5) is 0 Å². The van der Waals surface area contributed by atoms with Crippen LogP contribution in [0.3, 0.4) is 0 Å². The van der Waals surface area contributed by atoms with Gasteiger partial charge in [-0.1, -0.05) is 239 Å². The largest absolute Gasteiger partial charge is 0.462 e. The Morgan fingerprint density at radius 2 is 0.491 bits per heavy atom. The van der Waals surface area contributed by atoms with Crippen molar-refractivity contribution in [3.05, 3.63) is 0 Å². The molecule has 0 saturated carbocycles. The van der Waals surface area contributed by atoms with Gasteiger partial charge in [0.15, 0.2) is 6.10 Å². The highest BCUT2D eigenvalue weighted by Crippen LogP contribution is 2.16. The number of carbonyl (C=O) groups is 3. The molecule has 0 aliphatic rings. The van der Waals surface area contributed by atoms with Crippen LogP contribution in [-0.4, -0.2) is 37.2 Å².